The molecule has 0 unspecified atom stereocenters. The zero-order chi connectivity index (χ0) is 15.6. The van der Waals surface area contributed by atoms with Crippen LogP contribution in [-0.4, -0.2) is 19.0 Å². The Bertz CT molecular complexity index is 602. The predicted octanol–water partition coefficient (Wildman–Crippen LogP) is 3.74. The number of guanidine groups is 1. The minimum Gasteiger partial charge on any atom is -0.357 e. The molecule has 0 aromatic heterocycles. The molecule has 0 spiro atoms. The Morgan fingerprint density at radius 2 is 1.74 bits per heavy atom. The third-order valence-corrected chi connectivity index (χ3v) is 3.20. The molecule has 0 bridgehead atoms. The second-order valence-electron chi connectivity index (χ2n) is 4.99. The van der Waals surface area contributed by atoms with Gasteiger partial charge < -0.3 is 10.6 Å². The van der Waals surface area contributed by atoms with E-state index in [0.29, 0.717) is 13.1 Å². The van der Waals surface area contributed by atoms with Gasteiger partial charge in [0.2, 0.25) is 0 Å². The highest BCUT2D eigenvalue weighted by Crippen LogP contribution is 2.03. The monoisotopic (exact) mass is 427 g/mol. The van der Waals surface area contributed by atoms with Crippen molar-refractivity contribution in [3.8, 4) is 0 Å². The number of hydrogen-bond donors (Lipinski definition) is 2. The van der Waals surface area contributed by atoms with Crippen LogP contribution in [-0.2, 0) is 13.0 Å². The van der Waals surface area contributed by atoms with Gasteiger partial charge in [-0.1, -0.05) is 42.5 Å². The number of nitrogens with one attached hydrogen (secondary N) is 2. The van der Waals surface area contributed by atoms with Gasteiger partial charge in [0.1, 0.15) is 5.82 Å². The van der Waals surface area contributed by atoms with Crippen LogP contribution in [0.5, 0.6) is 0 Å². The summed E-state index contributed by atoms with van der Waals surface area (Å²) in [7, 11) is 0. The molecular weight excluding hydrogens is 404 g/mol. The lowest BCUT2D eigenvalue weighted by Gasteiger charge is -2.11. The molecule has 0 saturated carbocycles. The molecule has 0 aliphatic carbocycles. The molecule has 124 valence electrons. The van der Waals surface area contributed by atoms with Gasteiger partial charge in [-0.05, 0) is 36.6 Å². The van der Waals surface area contributed by atoms with Crippen molar-refractivity contribution in [1.82, 2.24) is 10.6 Å². The summed E-state index contributed by atoms with van der Waals surface area (Å²) in [5.41, 5.74) is 2.15. The highest BCUT2D eigenvalue weighted by molar-refractivity contribution is 14.0. The van der Waals surface area contributed by atoms with E-state index in [0.717, 1.165) is 24.5 Å². The first-order valence-electron chi connectivity index (χ1n) is 7.58. The maximum Gasteiger partial charge on any atom is 0.191 e. The molecule has 5 heteroatoms. The number of benzene rings is 2. The van der Waals surface area contributed by atoms with Crippen molar-refractivity contribution >= 4 is 29.9 Å². The quantitative estimate of drug-likeness (QED) is 0.419. The van der Waals surface area contributed by atoms with Crippen LogP contribution in [0.1, 0.15) is 18.1 Å². The van der Waals surface area contributed by atoms with Gasteiger partial charge in [0.05, 0.1) is 6.54 Å². The maximum absolute atomic E-state index is 13.1. The van der Waals surface area contributed by atoms with Crippen LogP contribution >= 0.6 is 24.0 Å². The van der Waals surface area contributed by atoms with Gasteiger partial charge in [-0.3, -0.25) is 0 Å². The summed E-state index contributed by atoms with van der Waals surface area (Å²) in [4.78, 5) is 4.55. The van der Waals surface area contributed by atoms with E-state index in [1.165, 1.54) is 11.6 Å². The number of nitrogens with zero attached hydrogens (tertiary/aromatic N) is 1. The summed E-state index contributed by atoms with van der Waals surface area (Å²) in [6.45, 7) is 4.19. The molecular formula is C18H23FIN3. The molecule has 2 aromatic rings. The largest absolute Gasteiger partial charge is 0.357 e. The molecule has 2 aromatic carbocycles. The zero-order valence-corrected chi connectivity index (χ0v) is 15.6. The van der Waals surface area contributed by atoms with Crippen molar-refractivity contribution in [2.75, 3.05) is 13.1 Å². The minimum atomic E-state index is -0.192. The number of hydrogen-bond acceptors (Lipinski definition) is 1. The summed E-state index contributed by atoms with van der Waals surface area (Å²) in [6.07, 6.45) is 0.757. The fourth-order valence-electron chi connectivity index (χ4n) is 2.11. The average molecular weight is 427 g/mol. The van der Waals surface area contributed by atoms with E-state index in [9.17, 15) is 4.39 Å². The van der Waals surface area contributed by atoms with Crippen molar-refractivity contribution in [3.63, 3.8) is 0 Å². The van der Waals surface area contributed by atoms with Crippen molar-refractivity contribution in [1.29, 1.82) is 0 Å². The molecule has 0 atom stereocenters. The average Bonchev–Trinajstić information content (AvgIpc) is 2.54. The van der Waals surface area contributed by atoms with E-state index < -0.39 is 0 Å². The van der Waals surface area contributed by atoms with E-state index in [1.54, 1.807) is 12.1 Å². The van der Waals surface area contributed by atoms with Crippen LogP contribution in [0.25, 0.3) is 0 Å². The van der Waals surface area contributed by atoms with E-state index in [1.807, 2.05) is 31.2 Å². The predicted molar refractivity (Wildman–Crippen MR) is 105 cm³/mol. The SMILES string of the molecule is CCNC(=NCc1ccccc1)NCCc1cccc(F)c1.I. The summed E-state index contributed by atoms with van der Waals surface area (Å²) in [6, 6.07) is 16.8. The zero-order valence-electron chi connectivity index (χ0n) is 13.3. The lowest BCUT2D eigenvalue weighted by atomic mass is 10.1. The Morgan fingerprint density at radius 1 is 1.00 bits per heavy atom. The normalized spacial score (nSPS) is 10.8. The molecule has 0 saturated heterocycles. The van der Waals surface area contributed by atoms with Crippen molar-refractivity contribution < 1.29 is 4.39 Å². The minimum absolute atomic E-state index is 0. The molecule has 3 nitrogen and oxygen atoms in total. The van der Waals surface area contributed by atoms with Crippen LogP contribution in [0.4, 0.5) is 4.39 Å². The molecule has 0 amide bonds. The fourth-order valence-corrected chi connectivity index (χ4v) is 2.11. The third-order valence-electron chi connectivity index (χ3n) is 3.20. The van der Waals surface area contributed by atoms with E-state index in [4.69, 9.17) is 0 Å². The van der Waals surface area contributed by atoms with Gasteiger partial charge in [0, 0.05) is 13.1 Å². The second kappa shape index (κ2) is 11.0. The van der Waals surface area contributed by atoms with E-state index in [-0.39, 0.29) is 29.8 Å². The molecule has 0 heterocycles. The number of halogens is 2. The van der Waals surface area contributed by atoms with Crippen molar-refractivity contribution in [2.24, 2.45) is 4.99 Å². The smallest absolute Gasteiger partial charge is 0.191 e. The van der Waals surface area contributed by atoms with Gasteiger partial charge in [-0.15, -0.1) is 24.0 Å². The van der Waals surface area contributed by atoms with Gasteiger partial charge in [-0.2, -0.15) is 0 Å². The van der Waals surface area contributed by atoms with Crippen LogP contribution in [0.15, 0.2) is 59.6 Å². The van der Waals surface area contributed by atoms with Crippen LogP contribution in [0.2, 0.25) is 0 Å². The van der Waals surface area contributed by atoms with E-state index in [2.05, 4.69) is 27.8 Å². The topological polar surface area (TPSA) is 36.4 Å². The fraction of sp³-hybridized carbons (Fsp3) is 0.278. The molecule has 0 fully saturated rings. The molecule has 23 heavy (non-hydrogen) atoms. The Kier molecular flexibility index (Phi) is 9.28. The Labute approximate surface area is 154 Å². The maximum atomic E-state index is 13.1. The summed E-state index contributed by atoms with van der Waals surface area (Å²) >= 11 is 0. The molecule has 0 aliphatic heterocycles. The number of rotatable bonds is 6. The number of aliphatic imine (C=N–C) groups is 1. The van der Waals surface area contributed by atoms with E-state index >= 15 is 0 Å². The summed E-state index contributed by atoms with van der Waals surface area (Å²) in [5.74, 6) is 0.588. The first kappa shape index (κ1) is 19.4. The highest BCUT2D eigenvalue weighted by Gasteiger charge is 1.99. The Hall–Kier alpha value is -1.63. The Balaban J connectivity index is 0.00000264. The lowest BCUT2D eigenvalue weighted by Crippen LogP contribution is -2.38. The first-order valence-corrected chi connectivity index (χ1v) is 7.58. The van der Waals surface area contributed by atoms with Gasteiger partial charge in [0.15, 0.2) is 5.96 Å². The highest BCUT2D eigenvalue weighted by atomic mass is 127. The molecule has 2 N–H and O–H groups in total. The van der Waals surface area contributed by atoms with Gasteiger partial charge in [-0.25, -0.2) is 9.38 Å². The van der Waals surface area contributed by atoms with Crippen molar-refractivity contribution in [3.05, 3.63) is 71.5 Å². The van der Waals surface area contributed by atoms with Gasteiger partial charge >= 0.3 is 0 Å². The molecule has 0 aliphatic rings. The van der Waals surface area contributed by atoms with Crippen LogP contribution in [0.3, 0.4) is 0 Å². The Morgan fingerprint density at radius 3 is 2.43 bits per heavy atom. The van der Waals surface area contributed by atoms with Crippen LogP contribution in [0, 0.1) is 5.82 Å². The third kappa shape index (κ3) is 7.45. The first-order chi connectivity index (χ1) is 10.8. The summed E-state index contributed by atoms with van der Waals surface area (Å²) < 4.78 is 13.1. The summed E-state index contributed by atoms with van der Waals surface area (Å²) in [5, 5.41) is 6.49. The molecule has 0 radical (unpaired) electrons. The lowest BCUT2D eigenvalue weighted by molar-refractivity contribution is 0.625. The standard InChI is InChI=1S/C18H22FN3.HI/c1-2-20-18(22-14-16-7-4-3-5-8-16)21-12-11-15-9-6-10-17(19)13-15;/h3-10,13H,2,11-12,14H2,1H3,(H2,20,21,22);1H. The second-order valence-corrected chi connectivity index (χ2v) is 4.99. The molecule has 2 rings (SSSR count). The van der Waals surface area contributed by atoms with Crippen molar-refractivity contribution in [2.45, 2.75) is 19.9 Å². The van der Waals surface area contributed by atoms with Crippen LogP contribution < -0.4 is 10.6 Å². The van der Waals surface area contributed by atoms with Gasteiger partial charge in [0.25, 0.3) is 0 Å².